The van der Waals surface area contributed by atoms with Gasteiger partial charge >= 0.3 is 0 Å². The predicted molar refractivity (Wildman–Crippen MR) is 262 cm³/mol. The fourth-order valence-electron chi connectivity index (χ4n) is 10.1. The Morgan fingerprint density at radius 2 is 0.721 bits per heavy atom. The normalized spacial score (nSPS) is 11.9. The van der Waals surface area contributed by atoms with Gasteiger partial charge in [-0.3, -0.25) is 9.97 Å². The van der Waals surface area contributed by atoms with Gasteiger partial charge in [-0.1, -0.05) is 152 Å². The van der Waals surface area contributed by atoms with Gasteiger partial charge in [-0.25, -0.2) is 0 Å². The number of rotatable bonds is 4. The maximum Gasteiger partial charge on any atom is 0.0708 e. The van der Waals surface area contributed by atoms with Gasteiger partial charge in [-0.2, -0.15) is 0 Å². The smallest absolute Gasteiger partial charge is 0.0708 e. The van der Waals surface area contributed by atoms with Gasteiger partial charge < -0.3 is 0 Å². The topological polar surface area (TPSA) is 25.8 Å². The van der Waals surface area contributed by atoms with E-state index in [4.69, 9.17) is 9.97 Å². The van der Waals surface area contributed by atoms with Crippen LogP contribution in [0, 0.1) is 0 Å². The second-order valence-corrected chi connectivity index (χ2v) is 17.1. The van der Waals surface area contributed by atoms with Crippen molar-refractivity contribution >= 4 is 96.4 Å². The van der Waals surface area contributed by atoms with Gasteiger partial charge in [0, 0.05) is 43.3 Å². The summed E-state index contributed by atoms with van der Waals surface area (Å²) in [6.07, 6.45) is 3.76. The van der Waals surface area contributed by atoms with Crippen molar-refractivity contribution in [2.75, 3.05) is 0 Å². The van der Waals surface area contributed by atoms with Gasteiger partial charge in [0.05, 0.1) is 11.0 Å². The van der Waals surface area contributed by atoms with Crippen LogP contribution in [0.2, 0.25) is 0 Å². The molecular formula is C58H34N2S. The molecule has 0 spiro atoms. The highest BCUT2D eigenvalue weighted by atomic mass is 32.1. The lowest BCUT2D eigenvalue weighted by molar-refractivity contribution is 1.41. The second-order valence-electron chi connectivity index (χ2n) is 16.0. The van der Waals surface area contributed by atoms with E-state index in [0.717, 1.165) is 21.8 Å². The van der Waals surface area contributed by atoms with Crippen LogP contribution in [0.25, 0.3) is 130 Å². The standard InChI is InChI=1S/C58H34N2S/c1-3-16-42-40(14-1)54(41-15-2-4-17-43(41)55(42)38-26-24-35-12-10-30-59-50(35)33-38)37-28-29-52-49(32-37)58-48(22-9-23-53(58)61-52)57-46-20-7-5-18-44(46)56(45-19-6-8-21-47(45)57)39-27-25-36-13-11-31-60-51(36)34-39/h1-34H. The summed E-state index contributed by atoms with van der Waals surface area (Å²) in [5.74, 6) is 0. The lowest BCUT2D eigenvalue weighted by atomic mass is 9.84. The van der Waals surface area contributed by atoms with Crippen molar-refractivity contribution in [2.45, 2.75) is 0 Å². The molecule has 10 aromatic carbocycles. The van der Waals surface area contributed by atoms with Crippen molar-refractivity contribution in [3.63, 3.8) is 0 Å². The van der Waals surface area contributed by atoms with Gasteiger partial charge in [-0.15, -0.1) is 11.3 Å². The van der Waals surface area contributed by atoms with Crippen LogP contribution in [0.4, 0.5) is 0 Å². The number of hydrogen-bond acceptors (Lipinski definition) is 3. The Labute approximate surface area is 355 Å². The molecule has 0 bridgehead atoms. The molecule has 0 atom stereocenters. The first-order chi connectivity index (χ1) is 30.3. The average Bonchev–Trinajstić information content (AvgIpc) is 3.70. The Kier molecular flexibility index (Phi) is 7.51. The zero-order valence-electron chi connectivity index (χ0n) is 32.9. The Bertz CT molecular complexity index is 3840. The van der Waals surface area contributed by atoms with E-state index in [1.165, 1.54) is 108 Å². The van der Waals surface area contributed by atoms with Gasteiger partial charge in [0.2, 0.25) is 0 Å². The predicted octanol–water partition coefficient (Wildman–Crippen LogP) is 16.4. The number of thiophene rings is 1. The van der Waals surface area contributed by atoms with Gasteiger partial charge in [0.1, 0.15) is 0 Å². The minimum absolute atomic E-state index is 1.00. The van der Waals surface area contributed by atoms with Crippen LogP contribution in [0.5, 0.6) is 0 Å². The number of pyridine rings is 2. The summed E-state index contributed by atoms with van der Waals surface area (Å²) in [5.41, 5.74) is 11.9. The van der Waals surface area contributed by atoms with Crippen LogP contribution in [0.1, 0.15) is 0 Å². The number of fused-ring (bicyclic) bond motifs is 9. The molecule has 3 heterocycles. The maximum atomic E-state index is 4.74. The van der Waals surface area contributed by atoms with Gasteiger partial charge in [-0.05, 0) is 130 Å². The highest BCUT2D eigenvalue weighted by Gasteiger charge is 2.22. The average molecular weight is 791 g/mol. The fourth-order valence-corrected chi connectivity index (χ4v) is 11.2. The van der Waals surface area contributed by atoms with E-state index in [2.05, 4.69) is 182 Å². The monoisotopic (exact) mass is 790 g/mol. The summed E-state index contributed by atoms with van der Waals surface area (Å²) in [4.78, 5) is 9.47. The van der Waals surface area contributed by atoms with E-state index < -0.39 is 0 Å². The van der Waals surface area contributed by atoms with Crippen molar-refractivity contribution in [1.82, 2.24) is 9.97 Å². The summed E-state index contributed by atoms with van der Waals surface area (Å²) in [6, 6.07) is 71.5. The Hall–Kier alpha value is -7.72. The van der Waals surface area contributed by atoms with Crippen molar-refractivity contribution < 1.29 is 0 Å². The van der Waals surface area contributed by atoms with E-state index in [-0.39, 0.29) is 0 Å². The van der Waals surface area contributed by atoms with Crippen LogP contribution >= 0.6 is 11.3 Å². The molecule has 0 amide bonds. The lowest BCUT2D eigenvalue weighted by Crippen LogP contribution is -1.92. The molecular weight excluding hydrogens is 757 g/mol. The van der Waals surface area contributed by atoms with E-state index in [1.54, 1.807) is 0 Å². The molecule has 0 saturated carbocycles. The SMILES string of the molecule is c1cnc2cc(-c3c4ccccc4c(-c4ccc5sc6cccc(-c7c8ccccc8c(-c8ccc9cccnc9c8)c8ccccc78)c6c5c4)c4ccccc34)ccc2c1. The number of benzene rings is 10. The molecule has 3 heteroatoms. The van der Waals surface area contributed by atoms with Crippen LogP contribution < -0.4 is 0 Å². The minimum atomic E-state index is 1.00. The Morgan fingerprint density at radius 3 is 1.20 bits per heavy atom. The molecule has 0 fully saturated rings. The number of nitrogens with zero attached hydrogens (tertiary/aromatic N) is 2. The van der Waals surface area contributed by atoms with Crippen LogP contribution in [0.15, 0.2) is 207 Å². The van der Waals surface area contributed by atoms with Crippen LogP contribution in [0.3, 0.4) is 0 Å². The first-order valence-corrected chi connectivity index (χ1v) is 21.6. The molecule has 0 saturated heterocycles. The molecule has 0 aliphatic rings. The van der Waals surface area contributed by atoms with Crippen molar-refractivity contribution in [3.05, 3.63) is 207 Å². The lowest BCUT2D eigenvalue weighted by Gasteiger charge is -2.19. The van der Waals surface area contributed by atoms with Crippen LogP contribution in [-0.2, 0) is 0 Å². The minimum Gasteiger partial charge on any atom is -0.256 e. The highest BCUT2D eigenvalue weighted by molar-refractivity contribution is 7.26. The molecule has 13 aromatic rings. The molecule has 0 aliphatic carbocycles. The van der Waals surface area contributed by atoms with Crippen molar-refractivity contribution in [3.8, 4) is 44.5 Å². The summed E-state index contributed by atoms with van der Waals surface area (Å²) in [5, 5.41) is 14.8. The zero-order valence-corrected chi connectivity index (χ0v) is 33.7. The summed E-state index contributed by atoms with van der Waals surface area (Å²) in [7, 11) is 0. The largest absolute Gasteiger partial charge is 0.256 e. The third-order valence-corrected chi connectivity index (χ3v) is 13.8. The van der Waals surface area contributed by atoms with E-state index in [1.807, 2.05) is 35.9 Å². The van der Waals surface area contributed by atoms with Crippen molar-refractivity contribution in [2.24, 2.45) is 0 Å². The Morgan fingerprint density at radius 1 is 0.295 bits per heavy atom. The fraction of sp³-hybridized carbons (Fsp3) is 0. The van der Waals surface area contributed by atoms with Crippen LogP contribution in [-0.4, -0.2) is 9.97 Å². The maximum absolute atomic E-state index is 4.74. The van der Waals surface area contributed by atoms with E-state index in [9.17, 15) is 0 Å². The van der Waals surface area contributed by atoms with Gasteiger partial charge in [0.15, 0.2) is 0 Å². The zero-order chi connectivity index (χ0) is 40.0. The third kappa shape index (κ3) is 5.21. The summed E-state index contributed by atoms with van der Waals surface area (Å²) < 4.78 is 2.58. The molecule has 0 radical (unpaired) electrons. The first-order valence-electron chi connectivity index (χ1n) is 20.8. The van der Waals surface area contributed by atoms with Gasteiger partial charge in [0.25, 0.3) is 0 Å². The molecule has 282 valence electrons. The van der Waals surface area contributed by atoms with E-state index in [0.29, 0.717) is 0 Å². The number of aromatic nitrogens is 2. The summed E-state index contributed by atoms with van der Waals surface area (Å²) in [6.45, 7) is 0. The number of hydrogen-bond donors (Lipinski definition) is 0. The summed E-state index contributed by atoms with van der Waals surface area (Å²) >= 11 is 1.88. The molecule has 0 unspecified atom stereocenters. The second kappa shape index (κ2) is 13.4. The third-order valence-electron chi connectivity index (χ3n) is 12.7. The first kappa shape index (κ1) is 34.2. The molecule has 0 aliphatic heterocycles. The molecule has 13 rings (SSSR count). The highest BCUT2D eigenvalue weighted by Crippen LogP contribution is 2.50. The molecule has 0 N–H and O–H groups in total. The quantitative estimate of drug-likeness (QED) is 0.166. The Balaban J connectivity index is 1.08. The molecule has 2 nitrogen and oxygen atoms in total. The van der Waals surface area contributed by atoms with E-state index >= 15 is 0 Å². The molecule has 61 heavy (non-hydrogen) atoms. The molecule has 3 aromatic heterocycles. The van der Waals surface area contributed by atoms with Crippen molar-refractivity contribution in [1.29, 1.82) is 0 Å².